The van der Waals surface area contributed by atoms with Gasteiger partial charge in [0.25, 0.3) is 0 Å². The summed E-state index contributed by atoms with van der Waals surface area (Å²) in [6.45, 7) is 7.87. The Bertz CT molecular complexity index is 2340. The molecule has 0 N–H and O–H groups in total. The van der Waals surface area contributed by atoms with Crippen LogP contribution < -0.4 is 4.74 Å². The largest absolute Gasteiger partial charge is 0.488 e. The molecule has 7 nitrogen and oxygen atoms in total. The smallest absolute Gasteiger partial charge is 0.341 e. The highest BCUT2D eigenvalue weighted by Gasteiger charge is 2.14. The van der Waals surface area contributed by atoms with E-state index in [1.54, 1.807) is 35.7 Å². The molecular formula is C49H44O7S2. The van der Waals surface area contributed by atoms with Crippen LogP contribution in [0.5, 0.6) is 5.75 Å². The first kappa shape index (κ1) is 43.0. The molecule has 0 atom stereocenters. The second-order valence-corrected chi connectivity index (χ2v) is 15.1. The standard InChI is InChI=1S/C49H44O7S2/c1-4-47(50)54-28-6-8-30-57-43-23-16-36(17-24-43)10-12-38-14-21-42-33-40(15-22-41(42)32-38)35-56-46-27-20-39(34-45(46)49(52)53-3)13-11-37-18-25-44(26-19-37)58-31-9-7-29-55-48(51)5-2/h4-5,14-27,32-34H,1-2,6-9,28-31,35H2,3H3. The summed E-state index contributed by atoms with van der Waals surface area (Å²) in [4.78, 5) is 37.3. The van der Waals surface area contributed by atoms with E-state index in [2.05, 4.69) is 67.2 Å². The number of carbonyl (C=O) groups excluding carboxylic acids is 3. The quantitative estimate of drug-likeness (QED) is 0.0214. The molecule has 0 spiro atoms. The van der Waals surface area contributed by atoms with Crippen LogP contribution in [0.4, 0.5) is 0 Å². The fourth-order valence-electron chi connectivity index (χ4n) is 5.44. The molecule has 5 aromatic rings. The van der Waals surface area contributed by atoms with Gasteiger partial charge in [-0.2, -0.15) is 0 Å². The van der Waals surface area contributed by atoms with Crippen LogP contribution in [0, 0.1) is 23.7 Å². The van der Waals surface area contributed by atoms with Crippen LogP contribution in [0.2, 0.25) is 0 Å². The zero-order valence-electron chi connectivity index (χ0n) is 32.4. The minimum atomic E-state index is -0.502. The molecule has 0 bridgehead atoms. The van der Waals surface area contributed by atoms with E-state index in [9.17, 15) is 14.4 Å². The Balaban J connectivity index is 1.12. The van der Waals surface area contributed by atoms with E-state index in [4.69, 9.17) is 18.9 Å². The fraction of sp³-hybridized carbons (Fsp3) is 0.204. The van der Waals surface area contributed by atoms with Crippen LogP contribution in [0.3, 0.4) is 0 Å². The highest BCUT2D eigenvalue weighted by Crippen LogP contribution is 2.25. The van der Waals surface area contributed by atoms with Gasteiger partial charge in [-0.05, 0) is 138 Å². The molecule has 0 aromatic heterocycles. The van der Waals surface area contributed by atoms with E-state index in [-0.39, 0.29) is 12.6 Å². The van der Waals surface area contributed by atoms with Gasteiger partial charge in [-0.3, -0.25) is 0 Å². The average Bonchev–Trinajstić information content (AvgIpc) is 3.26. The molecule has 0 unspecified atom stereocenters. The Morgan fingerprint density at radius 2 is 1.07 bits per heavy atom. The van der Waals surface area contributed by atoms with Crippen molar-refractivity contribution in [2.45, 2.75) is 42.1 Å². The van der Waals surface area contributed by atoms with Crippen molar-refractivity contribution >= 4 is 52.2 Å². The van der Waals surface area contributed by atoms with Crippen LogP contribution in [-0.2, 0) is 30.4 Å². The molecule has 0 aliphatic heterocycles. The second-order valence-electron chi connectivity index (χ2n) is 12.8. The normalized spacial score (nSPS) is 10.3. The minimum absolute atomic E-state index is 0.263. The van der Waals surface area contributed by atoms with Crippen molar-refractivity contribution in [3.8, 4) is 29.4 Å². The number of thioether (sulfide) groups is 2. The van der Waals surface area contributed by atoms with E-state index >= 15 is 0 Å². The van der Waals surface area contributed by atoms with Crippen molar-refractivity contribution < 1.29 is 33.3 Å². The zero-order valence-corrected chi connectivity index (χ0v) is 34.1. The molecule has 5 aromatic carbocycles. The van der Waals surface area contributed by atoms with Crippen LogP contribution in [0.1, 0.15) is 63.9 Å². The molecule has 0 aliphatic rings. The number of benzene rings is 5. The van der Waals surface area contributed by atoms with Gasteiger partial charge in [0.05, 0.1) is 20.3 Å². The molecule has 5 rings (SSSR count). The number of carbonyl (C=O) groups is 3. The van der Waals surface area contributed by atoms with Gasteiger partial charge in [0.1, 0.15) is 17.9 Å². The number of rotatable bonds is 18. The van der Waals surface area contributed by atoms with E-state index in [0.717, 1.165) is 75.1 Å². The maximum absolute atomic E-state index is 12.7. The summed E-state index contributed by atoms with van der Waals surface area (Å²) in [6.07, 6.45) is 5.86. The van der Waals surface area contributed by atoms with Crippen molar-refractivity contribution in [1.82, 2.24) is 0 Å². The highest BCUT2D eigenvalue weighted by atomic mass is 32.2. The van der Waals surface area contributed by atoms with Gasteiger partial charge in [-0.15, -0.1) is 23.5 Å². The molecule has 9 heteroatoms. The summed E-state index contributed by atoms with van der Waals surface area (Å²) < 4.78 is 21.2. The second kappa shape index (κ2) is 23.2. The molecule has 0 heterocycles. The predicted molar refractivity (Wildman–Crippen MR) is 233 cm³/mol. The van der Waals surface area contributed by atoms with Crippen LogP contribution in [0.15, 0.2) is 138 Å². The zero-order chi connectivity index (χ0) is 41.0. The van der Waals surface area contributed by atoms with Gasteiger partial charge < -0.3 is 18.9 Å². The Kier molecular flexibility index (Phi) is 17.2. The first-order chi connectivity index (χ1) is 28.3. The molecular weight excluding hydrogens is 765 g/mol. The van der Waals surface area contributed by atoms with Crippen LogP contribution in [0.25, 0.3) is 10.8 Å². The molecule has 58 heavy (non-hydrogen) atoms. The maximum Gasteiger partial charge on any atom is 0.341 e. The lowest BCUT2D eigenvalue weighted by Crippen LogP contribution is -2.06. The Morgan fingerprint density at radius 1 is 0.586 bits per heavy atom. The van der Waals surface area contributed by atoms with Crippen molar-refractivity contribution in [3.63, 3.8) is 0 Å². The van der Waals surface area contributed by atoms with Crippen LogP contribution in [-0.4, -0.2) is 49.7 Å². The average molecular weight is 809 g/mol. The molecule has 0 amide bonds. The van der Waals surface area contributed by atoms with Crippen molar-refractivity contribution in [3.05, 3.63) is 162 Å². The molecule has 0 saturated heterocycles. The summed E-state index contributed by atoms with van der Waals surface area (Å²) in [5.74, 6) is 13.9. The number of unbranched alkanes of at least 4 members (excludes halogenated alkanes) is 2. The van der Waals surface area contributed by atoms with Crippen molar-refractivity contribution in [2.24, 2.45) is 0 Å². The first-order valence-corrected chi connectivity index (χ1v) is 20.8. The summed E-state index contributed by atoms with van der Waals surface area (Å²) in [5, 5.41) is 2.12. The van der Waals surface area contributed by atoms with E-state index in [1.807, 2.05) is 60.7 Å². The molecule has 0 radical (unpaired) electrons. The first-order valence-electron chi connectivity index (χ1n) is 18.8. The fourth-order valence-corrected chi connectivity index (χ4v) is 7.26. The third-order valence-electron chi connectivity index (χ3n) is 8.53. The lowest BCUT2D eigenvalue weighted by atomic mass is 10.0. The summed E-state index contributed by atoms with van der Waals surface area (Å²) in [7, 11) is 1.35. The minimum Gasteiger partial charge on any atom is -0.488 e. The monoisotopic (exact) mass is 808 g/mol. The summed E-state index contributed by atoms with van der Waals surface area (Å²) in [5.41, 5.74) is 4.64. The third-order valence-corrected chi connectivity index (χ3v) is 10.7. The topological polar surface area (TPSA) is 88.1 Å². The van der Waals surface area contributed by atoms with Crippen LogP contribution >= 0.6 is 23.5 Å². The molecule has 0 aliphatic carbocycles. The SMILES string of the molecule is C=CC(=O)OCCCCSc1ccc(C#Cc2ccc(OCc3ccc4cc(C#Cc5ccc(SCCCCOC(=O)C=C)cc5)ccc4c3)c(C(=O)OC)c2)cc1. The van der Waals surface area contributed by atoms with Crippen molar-refractivity contribution in [1.29, 1.82) is 0 Å². The van der Waals surface area contributed by atoms with E-state index < -0.39 is 11.9 Å². The number of esters is 3. The molecule has 0 saturated carbocycles. The summed E-state index contributed by atoms with van der Waals surface area (Å²) >= 11 is 3.51. The highest BCUT2D eigenvalue weighted by molar-refractivity contribution is 7.99. The van der Waals surface area contributed by atoms with Gasteiger partial charge in [0, 0.05) is 44.2 Å². The number of methoxy groups -OCH3 is 1. The Hall–Kier alpha value is -6.13. The van der Waals surface area contributed by atoms with Crippen molar-refractivity contribution in [2.75, 3.05) is 31.8 Å². The van der Waals surface area contributed by atoms with Gasteiger partial charge >= 0.3 is 17.9 Å². The van der Waals surface area contributed by atoms with Gasteiger partial charge in [-0.1, -0.05) is 55.0 Å². The predicted octanol–water partition coefficient (Wildman–Crippen LogP) is 10.2. The van der Waals surface area contributed by atoms with Gasteiger partial charge in [-0.25, -0.2) is 14.4 Å². The molecule has 294 valence electrons. The Labute approximate surface area is 349 Å². The lowest BCUT2D eigenvalue weighted by molar-refractivity contribution is -0.138. The lowest BCUT2D eigenvalue weighted by Gasteiger charge is -2.11. The number of hydrogen-bond acceptors (Lipinski definition) is 9. The van der Waals surface area contributed by atoms with E-state index in [0.29, 0.717) is 30.1 Å². The van der Waals surface area contributed by atoms with Gasteiger partial charge in [0.15, 0.2) is 0 Å². The number of fused-ring (bicyclic) bond motifs is 1. The molecule has 0 fully saturated rings. The maximum atomic E-state index is 12.7. The Morgan fingerprint density at radius 3 is 1.62 bits per heavy atom. The third kappa shape index (κ3) is 14.1. The van der Waals surface area contributed by atoms with Gasteiger partial charge in [0.2, 0.25) is 0 Å². The van der Waals surface area contributed by atoms with E-state index in [1.165, 1.54) is 24.2 Å². The summed E-state index contributed by atoms with van der Waals surface area (Å²) in [6, 6.07) is 33.8. The number of hydrogen-bond donors (Lipinski definition) is 0. The number of ether oxygens (including phenoxy) is 4.